The molecule has 0 aromatic rings. The predicted molar refractivity (Wildman–Crippen MR) is 87.4 cm³/mol. The van der Waals surface area contributed by atoms with E-state index in [9.17, 15) is 0 Å². The van der Waals surface area contributed by atoms with E-state index in [0.717, 1.165) is 17.8 Å². The Morgan fingerprint density at radius 3 is 2.16 bits per heavy atom. The lowest BCUT2D eigenvalue weighted by atomic mass is 9.52. The van der Waals surface area contributed by atoms with Crippen molar-refractivity contribution >= 4 is 0 Å². The zero-order valence-corrected chi connectivity index (χ0v) is 14.3. The van der Waals surface area contributed by atoms with Crippen LogP contribution in [0.5, 0.6) is 0 Å². The largest absolute Gasteiger partial charge is 0.0654 e. The van der Waals surface area contributed by atoms with Gasteiger partial charge in [0, 0.05) is 0 Å². The zero-order chi connectivity index (χ0) is 14.3. The highest BCUT2D eigenvalue weighted by atomic mass is 14.5. The third-order valence-electron chi connectivity index (χ3n) is 6.05. The number of hydrogen-bond donors (Lipinski definition) is 0. The SMILES string of the molecule is CCCC.CCCC1C(C)CCC2CCCCC21C. The second-order valence-corrected chi connectivity index (χ2v) is 7.40. The molecule has 0 saturated heterocycles. The molecule has 0 heteroatoms. The molecule has 0 aromatic carbocycles. The third-order valence-corrected chi connectivity index (χ3v) is 6.05. The van der Waals surface area contributed by atoms with Crippen LogP contribution in [0.4, 0.5) is 0 Å². The molecule has 0 amide bonds. The molecule has 114 valence electrons. The van der Waals surface area contributed by atoms with Gasteiger partial charge in [0.25, 0.3) is 0 Å². The first-order valence-corrected chi connectivity index (χ1v) is 9.10. The van der Waals surface area contributed by atoms with Crippen LogP contribution in [0.25, 0.3) is 0 Å². The van der Waals surface area contributed by atoms with E-state index in [4.69, 9.17) is 0 Å². The Morgan fingerprint density at radius 1 is 0.895 bits per heavy atom. The fraction of sp³-hybridized carbons (Fsp3) is 1.00. The van der Waals surface area contributed by atoms with Crippen LogP contribution in [0.3, 0.4) is 0 Å². The summed E-state index contributed by atoms with van der Waals surface area (Å²) in [5, 5.41) is 0. The maximum Gasteiger partial charge on any atom is -0.0267 e. The van der Waals surface area contributed by atoms with Crippen LogP contribution >= 0.6 is 0 Å². The summed E-state index contributed by atoms with van der Waals surface area (Å²) in [5.74, 6) is 3.09. The number of unbranched alkanes of at least 4 members (excludes halogenated alkanes) is 1. The Bertz CT molecular complexity index is 230. The smallest absolute Gasteiger partial charge is 0.0267 e. The van der Waals surface area contributed by atoms with Gasteiger partial charge in [0.15, 0.2) is 0 Å². The second-order valence-electron chi connectivity index (χ2n) is 7.40. The molecular weight excluding hydrogens is 228 g/mol. The minimum atomic E-state index is 0.714. The molecule has 0 nitrogen and oxygen atoms in total. The van der Waals surface area contributed by atoms with E-state index in [2.05, 4.69) is 34.6 Å². The van der Waals surface area contributed by atoms with Crippen LogP contribution in [-0.2, 0) is 0 Å². The van der Waals surface area contributed by atoms with Crippen LogP contribution in [-0.4, -0.2) is 0 Å². The lowest BCUT2D eigenvalue weighted by Gasteiger charge is -2.53. The highest BCUT2D eigenvalue weighted by molar-refractivity contribution is 4.96. The minimum absolute atomic E-state index is 0.714. The molecule has 0 bridgehead atoms. The minimum Gasteiger partial charge on any atom is -0.0654 e. The van der Waals surface area contributed by atoms with Gasteiger partial charge in [-0.05, 0) is 48.9 Å². The van der Waals surface area contributed by atoms with E-state index in [1.165, 1.54) is 64.2 Å². The van der Waals surface area contributed by atoms with Crippen LogP contribution in [0, 0.1) is 23.2 Å². The van der Waals surface area contributed by atoms with Crippen molar-refractivity contribution in [2.75, 3.05) is 0 Å². The van der Waals surface area contributed by atoms with Gasteiger partial charge in [0.1, 0.15) is 0 Å². The number of fused-ring (bicyclic) bond motifs is 1. The molecule has 0 spiro atoms. The van der Waals surface area contributed by atoms with Crippen molar-refractivity contribution in [2.24, 2.45) is 23.2 Å². The van der Waals surface area contributed by atoms with Crippen molar-refractivity contribution in [2.45, 2.75) is 98.8 Å². The molecule has 0 N–H and O–H groups in total. The molecule has 2 aliphatic rings. The third kappa shape index (κ3) is 4.23. The summed E-state index contributed by atoms with van der Waals surface area (Å²) in [7, 11) is 0. The summed E-state index contributed by atoms with van der Waals surface area (Å²) in [6.45, 7) is 11.9. The van der Waals surface area contributed by atoms with E-state index in [-0.39, 0.29) is 0 Å². The Labute approximate surface area is 122 Å². The summed E-state index contributed by atoms with van der Waals surface area (Å²) in [5.41, 5.74) is 0.714. The lowest BCUT2D eigenvalue weighted by Crippen LogP contribution is -2.44. The zero-order valence-electron chi connectivity index (χ0n) is 14.3. The van der Waals surface area contributed by atoms with Gasteiger partial charge in [-0.15, -0.1) is 0 Å². The summed E-state index contributed by atoms with van der Waals surface area (Å²) >= 11 is 0. The molecule has 2 aliphatic carbocycles. The second kappa shape index (κ2) is 8.32. The molecule has 2 rings (SSSR count). The summed E-state index contributed by atoms with van der Waals surface area (Å²) in [4.78, 5) is 0. The summed E-state index contributed by atoms with van der Waals surface area (Å²) in [6, 6.07) is 0. The van der Waals surface area contributed by atoms with Crippen molar-refractivity contribution in [3.8, 4) is 0 Å². The monoisotopic (exact) mass is 266 g/mol. The first-order chi connectivity index (χ1) is 9.10. The highest BCUT2D eigenvalue weighted by Crippen LogP contribution is 2.56. The maximum atomic E-state index is 2.62. The molecular formula is C19H38. The fourth-order valence-corrected chi connectivity index (χ4v) is 4.63. The molecule has 2 fully saturated rings. The Balaban J connectivity index is 0.000000399. The molecule has 4 unspecified atom stereocenters. The van der Waals surface area contributed by atoms with E-state index in [1.54, 1.807) is 0 Å². The van der Waals surface area contributed by atoms with Gasteiger partial charge in [-0.3, -0.25) is 0 Å². The van der Waals surface area contributed by atoms with E-state index in [0.29, 0.717) is 5.41 Å². The maximum absolute atomic E-state index is 2.62. The van der Waals surface area contributed by atoms with Gasteiger partial charge in [-0.1, -0.05) is 73.1 Å². The first-order valence-electron chi connectivity index (χ1n) is 9.10. The number of rotatable bonds is 3. The van der Waals surface area contributed by atoms with Gasteiger partial charge in [-0.25, -0.2) is 0 Å². The van der Waals surface area contributed by atoms with Crippen molar-refractivity contribution in [3.05, 3.63) is 0 Å². The molecule has 0 radical (unpaired) electrons. The van der Waals surface area contributed by atoms with Crippen molar-refractivity contribution in [3.63, 3.8) is 0 Å². The Morgan fingerprint density at radius 2 is 1.58 bits per heavy atom. The first kappa shape index (κ1) is 17.1. The van der Waals surface area contributed by atoms with Gasteiger partial charge in [-0.2, -0.15) is 0 Å². The molecule has 19 heavy (non-hydrogen) atoms. The van der Waals surface area contributed by atoms with Crippen LogP contribution in [0.2, 0.25) is 0 Å². The van der Waals surface area contributed by atoms with E-state index >= 15 is 0 Å². The molecule has 0 aliphatic heterocycles. The van der Waals surface area contributed by atoms with E-state index in [1.807, 2.05) is 0 Å². The summed E-state index contributed by atoms with van der Waals surface area (Å²) in [6.07, 6.45) is 14.6. The molecule has 4 atom stereocenters. The Hall–Kier alpha value is 0. The van der Waals surface area contributed by atoms with Gasteiger partial charge < -0.3 is 0 Å². The standard InChI is InChI=1S/C15H28.C4H10/c1-4-7-14-12(2)9-10-13-8-5-6-11-15(13,14)3;1-3-4-2/h12-14H,4-11H2,1-3H3;3-4H2,1-2H3. The lowest BCUT2D eigenvalue weighted by molar-refractivity contribution is -0.0339. The van der Waals surface area contributed by atoms with Gasteiger partial charge in [0.05, 0.1) is 0 Å². The normalized spacial score (nSPS) is 38.1. The fourth-order valence-electron chi connectivity index (χ4n) is 4.63. The highest BCUT2D eigenvalue weighted by Gasteiger charge is 2.46. The van der Waals surface area contributed by atoms with Gasteiger partial charge >= 0.3 is 0 Å². The number of hydrogen-bond acceptors (Lipinski definition) is 0. The van der Waals surface area contributed by atoms with Crippen molar-refractivity contribution in [1.82, 2.24) is 0 Å². The quantitative estimate of drug-likeness (QED) is 0.525. The van der Waals surface area contributed by atoms with Crippen LogP contribution in [0.15, 0.2) is 0 Å². The summed E-state index contributed by atoms with van der Waals surface area (Å²) < 4.78 is 0. The topological polar surface area (TPSA) is 0 Å². The van der Waals surface area contributed by atoms with Crippen molar-refractivity contribution in [1.29, 1.82) is 0 Å². The Kier molecular flexibility index (Phi) is 7.47. The van der Waals surface area contributed by atoms with Crippen LogP contribution < -0.4 is 0 Å². The molecule has 0 aromatic heterocycles. The average molecular weight is 267 g/mol. The van der Waals surface area contributed by atoms with Crippen LogP contribution in [0.1, 0.15) is 98.8 Å². The molecule has 2 saturated carbocycles. The van der Waals surface area contributed by atoms with Gasteiger partial charge in [0.2, 0.25) is 0 Å². The van der Waals surface area contributed by atoms with Crippen molar-refractivity contribution < 1.29 is 0 Å². The average Bonchev–Trinajstić information content (AvgIpc) is 2.43. The molecule has 0 heterocycles. The van der Waals surface area contributed by atoms with E-state index < -0.39 is 0 Å². The predicted octanol–water partition coefficient (Wildman–Crippen LogP) is 6.84.